The minimum absolute atomic E-state index is 0.0288. The minimum atomic E-state index is -0.0561. The third-order valence-corrected chi connectivity index (χ3v) is 3.38. The molecule has 1 unspecified atom stereocenters. The van der Waals surface area contributed by atoms with Crippen molar-refractivity contribution in [1.82, 2.24) is 0 Å². The van der Waals surface area contributed by atoms with Crippen molar-refractivity contribution in [1.29, 1.82) is 0 Å². The molecule has 96 valence electrons. The SMILES string of the molecule is CCOC(=O)C1CCCC/C1=C\c1ccccc1. The van der Waals surface area contributed by atoms with E-state index in [1.807, 2.05) is 25.1 Å². The molecule has 2 nitrogen and oxygen atoms in total. The number of carbonyl (C=O) groups is 1. The van der Waals surface area contributed by atoms with E-state index in [9.17, 15) is 4.79 Å². The molecule has 0 aromatic heterocycles. The maximum atomic E-state index is 11.9. The Bertz CT molecular complexity index is 420. The van der Waals surface area contributed by atoms with Gasteiger partial charge in [0.15, 0.2) is 0 Å². The van der Waals surface area contributed by atoms with Crippen LogP contribution >= 0.6 is 0 Å². The molecule has 0 N–H and O–H groups in total. The molecule has 0 radical (unpaired) electrons. The van der Waals surface area contributed by atoms with Gasteiger partial charge in [0, 0.05) is 0 Å². The first-order valence-corrected chi connectivity index (χ1v) is 6.73. The zero-order valence-corrected chi connectivity index (χ0v) is 10.9. The highest BCUT2D eigenvalue weighted by molar-refractivity contribution is 5.78. The van der Waals surface area contributed by atoms with Crippen molar-refractivity contribution in [2.45, 2.75) is 32.6 Å². The summed E-state index contributed by atoms with van der Waals surface area (Å²) in [4.78, 5) is 11.9. The van der Waals surface area contributed by atoms with Gasteiger partial charge in [-0.25, -0.2) is 0 Å². The average molecular weight is 244 g/mol. The standard InChI is InChI=1S/C16H20O2/c1-2-18-16(17)15-11-7-6-10-14(15)12-13-8-4-3-5-9-13/h3-5,8-9,12,15H,2,6-7,10-11H2,1H3/b14-12+. The number of ether oxygens (including phenoxy) is 1. The fraction of sp³-hybridized carbons (Fsp3) is 0.438. The summed E-state index contributed by atoms with van der Waals surface area (Å²) in [6.07, 6.45) is 6.39. The van der Waals surface area contributed by atoms with Crippen LogP contribution in [-0.2, 0) is 9.53 Å². The Morgan fingerprint density at radius 2 is 2.11 bits per heavy atom. The van der Waals surface area contributed by atoms with Crippen molar-refractivity contribution in [3.8, 4) is 0 Å². The van der Waals surface area contributed by atoms with Gasteiger partial charge in [-0.1, -0.05) is 48.4 Å². The van der Waals surface area contributed by atoms with E-state index >= 15 is 0 Å². The highest BCUT2D eigenvalue weighted by atomic mass is 16.5. The molecular formula is C16H20O2. The van der Waals surface area contributed by atoms with E-state index < -0.39 is 0 Å². The van der Waals surface area contributed by atoms with Gasteiger partial charge in [-0.3, -0.25) is 4.79 Å². The molecule has 1 aliphatic rings. The summed E-state index contributed by atoms with van der Waals surface area (Å²) in [5.74, 6) is -0.0849. The third-order valence-electron chi connectivity index (χ3n) is 3.38. The van der Waals surface area contributed by atoms with Gasteiger partial charge in [0.25, 0.3) is 0 Å². The van der Waals surface area contributed by atoms with Gasteiger partial charge in [-0.05, 0) is 31.7 Å². The Morgan fingerprint density at radius 3 is 2.83 bits per heavy atom. The first-order chi connectivity index (χ1) is 8.81. The van der Waals surface area contributed by atoms with Crippen molar-refractivity contribution >= 4 is 12.0 Å². The summed E-state index contributed by atoms with van der Waals surface area (Å²) in [7, 11) is 0. The molecule has 0 aliphatic heterocycles. The molecule has 0 bridgehead atoms. The molecule has 18 heavy (non-hydrogen) atoms. The van der Waals surface area contributed by atoms with Crippen LogP contribution in [0.15, 0.2) is 35.9 Å². The lowest BCUT2D eigenvalue weighted by Gasteiger charge is -2.23. The smallest absolute Gasteiger partial charge is 0.313 e. The Hall–Kier alpha value is -1.57. The molecule has 1 aliphatic carbocycles. The third kappa shape index (κ3) is 3.22. The maximum Gasteiger partial charge on any atom is 0.313 e. The first-order valence-electron chi connectivity index (χ1n) is 6.73. The monoisotopic (exact) mass is 244 g/mol. The Kier molecular flexibility index (Phi) is 4.57. The second-order valence-corrected chi connectivity index (χ2v) is 4.68. The summed E-state index contributed by atoms with van der Waals surface area (Å²) in [6.45, 7) is 2.33. The average Bonchev–Trinajstić information content (AvgIpc) is 2.41. The summed E-state index contributed by atoms with van der Waals surface area (Å²) in [5, 5.41) is 0. The van der Waals surface area contributed by atoms with Crippen LogP contribution in [0, 0.1) is 5.92 Å². The number of carbonyl (C=O) groups excluding carboxylic acids is 1. The normalized spacial score (nSPS) is 21.8. The van der Waals surface area contributed by atoms with Crippen LogP contribution in [0.2, 0.25) is 0 Å². The molecule has 2 rings (SSSR count). The second-order valence-electron chi connectivity index (χ2n) is 4.68. The minimum Gasteiger partial charge on any atom is -0.466 e. The van der Waals surface area contributed by atoms with Crippen molar-refractivity contribution in [2.24, 2.45) is 5.92 Å². The van der Waals surface area contributed by atoms with Crippen molar-refractivity contribution in [3.05, 3.63) is 41.5 Å². The van der Waals surface area contributed by atoms with Crippen molar-refractivity contribution in [3.63, 3.8) is 0 Å². The second kappa shape index (κ2) is 6.39. The van der Waals surface area contributed by atoms with Gasteiger partial charge in [0.2, 0.25) is 0 Å². The fourth-order valence-corrected chi connectivity index (χ4v) is 2.49. The van der Waals surface area contributed by atoms with Crippen LogP contribution in [0.3, 0.4) is 0 Å². The van der Waals surface area contributed by atoms with Crippen LogP contribution in [0.1, 0.15) is 38.2 Å². The molecule has 1 fully saturated rings. The number of esters is 1. The number of hydrogen-bond acceptors (Lipinski definition) is 2. The van der Waals surface area contributed by atoms with Gasteiger partial charge < -0.3 is 4.74 Å². The highest BCUT2D eigenvalue weighted by Crippen LogP contribution is 2.31. The predicted molar refractivity (Wildman–Crippen MR) is 73.0 cm³/mol. The number of rotatable bonds is 3. The molecule has 0 spiro atoms. The Morgan fingerprint density at radius 1 is 1.33 bits per heavy atom. The molecule has 0 heterocycles. The van der Waals surface area contributed by atoms with E-state index in [4.69, 9.17) is 4.74 Å². The van der Waals surface area contributed by atoms with Gasteiger partial charge in [-0.15, -0.1) is 0 Å². The summed E-state index contributed by atoms with van der Waals surface area (Å²) < 4.78 is 5.17. The summed E-state index contributed by atoms with van der Waals surface area (Å²) in [6, 6.07) is 10.2. The van der Waals surface area contributed by atoms with Crippen LogP contribution < -0.4 is 0 Å². The largest absolute Gasteiger partial charge is 0.466 e. The lowest BCUT2D eigenvalue weighted by molar-refractivity contribution is -0.147. The fourth-order valence-electron chi connectivity index (χ4n) is 2.49. The molecule has 1 aromatic carbocycles. The van der Waals surface area contributed by atoms with Gasteiger partial charge in [0.05, 0.1) is 12.5 Å². The van der Waals surface area contributed by atoms with E-state index in [1.165, 1.54) is 17.6 Å². The van der Waals surface area contributed by atoms with Gasteiger partial charge >= 0.3 is 5.97 Å². The van der Waals surface area contributed by atoms with E-state index in [2.05, 4.69) is 18.2 Å². The topological polar surface area (TPSA) is 26.3 Å². The zero-order chi connectivity index (χ0) is 12.8. The molecular weight excluding hydrogens is 224 g/mol. The first kappa shape index (κ1) is 12.9. The highest BCUT2D eigenvalue weighted by Gasteiger charge is 2.26. The molecule has 0 amide bonds. The molecule has 1 saturated carbocycles. The van der Waals surface area contributed by atoms with Gasteiger partial charge in [-0.2, -0.15) is 0 Å². The molecule has 2 heteroatoms. The summed E-state index contributed by atoms with van der Waals surface area (Å²) >= 11 is 0. The van der Waals surface area contributed by atoms with E-state index in [1.54, 1.807) is 0 Å². The van der Waals surface area contributed by atoms with Crippen LogP contribution in [0.25, 0.3) is 6.08 Å². The van der Waals surface area contributed by atoms with Crippen molar-refractivity contribution in [2.75, 3.05) is 6.61 Å². The molecule has 1 aromatic rings. The number of hydrogen-bond donors (Lipinski definition) is 0. The lowest BCUT2D eigenvalue weighted by atomic mass is 9.83. The Labute approximate surface area is 109 Å². The maximum absolute atomic E-state index is 11.9. The summed E-state index contributed by atoms with van der Waals surface area (Å²) in [5.41, 5.74) is 2.40. The van der Waals surface area contributed by atoms with Crippen LogP contribution in [0.4, 0.5) is 0 Å². The van der Waals surface area contributed by atoms with Crippen molar-refractivity contribution < 1.29 is 9.53 Å². The number of benzene rings is 1. The Balaban J connectivity index is 2.17. The molecule has 1 atom stereocenters. The van der Waals surface area contributed by atoms with E-state index in [0.717, 1.165) is 19.3 Å². The van der Waals surface area contributed by atoms with E-state index in [0.29, 0.717) is 6.61 Å². The van der Waals surface area contributed by atoms with E-state index in [-0.39, 0.29) is 11.9 Å². The van der Waals surface area contributed by atoms with Gasteiger partial charge in [0.1, 0.15) is 0 Å². The van der Waals surface area contributed by atoms with Crippen LogP contribution in [0.5, 0.6) is 0 Å². The lowest BCUT2D eigenvalue weighted by Crippen LogP contribution is -2.22. The zero-order valence-electron chi connectivity index (χ0n) is 10.9. The predicted octanol–water partition coefficient (Wildman–Crippen LogP) is 3.82. The van der Waals surface area contributed by atoms with Crippen LogP contribution in [-0.4, -0.2) is 12.6 Å². The quantitative estimate of drug-likeness (QED) is 0.755. The molecule has 0 saturated heterocycles.